The summed E-state index contributed by atoms with van der Waals surface area (Å²) < 4.78 is 0. The summed E-state index contributed by atoms with van der Waals surface area (Å²) in [6.45, 7) is 0.119. The van der Waals surface area contributed by atoms with Gasteiger partial charge in [-0.3, -0.25) is 14.4 Å². The zero-order chi connectivity index (χ0) is 15.4. The number of aliphatic carboxylic acids is 1. The van der Waals surface area contributed by atoms with Crippen LogP contribution in [-0.2, 0) is 14.4 Å². The van der Waals surface area contributed by atoms with Gasteiger partial charge in [0, 0.05) is 31.6 Å². The third-order valence-electron chi connectivity index (χ3n) is 3.64. The molecule has 6 nitrogen and oxygen atoms in total. The third-order valence-corrected chi connectivity index (χ3v) is 3.64. The first kappa shape index (κ1) is 15.0. The van der Waals surface area contributed by atoms with Crippen LogP contribution >= 0.6 is 0 Å². The number of carboxylic acid groups (broad SMARTS) is 1. The molecule has 1 saturated heterocycles. The number of piperidine rings is 1. The lowest BCUT2D eigenvalue weighted by molar-refractivity contribution is -0.139. The summed E-state index contributed by atoms with van der Waals surface area (Å²) in [4.78, 5) is 38.2. The number of hydrogen-bond donors (Lipinski definition) is 1. The fourth-order valence-electron chi connectivity index (χ4n) is 2.41. The molecule has 2 amide bonds. The zero-order valence-corrected chi connectivity index (χ0v) is 11.9. The zero-order valence-electron chi connectivity index (χ0n) is 11.9. The second-order valence-electron chi connectivity index (χ2n) is 5.16. The van der Waals surface area contributed by atoms with Gasteiger partial charge in [0.25, 0.3) is 0 Å². The molecule has 0 spiro atoms. The Hall–Kier alpha value is -2.37. The van der Waals surface area contributed by atoms with Gasteiger partial charge in [0.1, 0.15) is 6.54 Å². The number of rotatable bonds is 4. The van der Waals surface area contributed by atoms with Crippen molar-refractivity contribution in [3.8, 4) is 0 Å². The minimum Gasteiger partial charge on any atom is -0.480 e. The normalized spacial score (nSPS) is 18.4. The second kappa shape index (κ2) is 6.39. The molecule has 0 bridgehead atoms. The maximum Gasteiger partial charge on any atom is 0.323 e. The summed E-state index contributed by atoms with van der Waals surface area (Å²) in [6, 6.07) is 8.68. The molecule has 1 N–H and O–H groups in total. The SMILES string of the molecule is CN1CCC(C(=O)N(CC(=O)O)c2ccccc2)CC1=O. The van der Waals surface area contributed by atoms with Crippen LogP contribution in [0.25, 0.3) is 0 Å². The Kier molecular flexibility index (Phi) is 4.57. The van der Waals surface area contributed by atoms with E-state index < -0.39 is 18.4 Å². The highest BCUT2D eigenvalue weighted by atomic mass is 16.4. The highest BCUT2D eigenvalue weighted by Crippen LogP contribution is 2.23. The van der Waals surface area contributed by atoms with Crippen LogP contribution in [0.2, 0.25) is 0 Å². The van der Waals surface area contributed by atoms with Gasteiger partial charge in [-0.2, -0.15) is 0 Å². The van der Waals surface area contributed by atoms with Gasteiger partial charge in [-0.15, -0.1) is 0 Å². The molecule has 0 aliphatic carbocycles. The summed E-state index contributed by atoms with van der Waals surface area (Å²) in [5.41, 5.74) is 0.538. The Morgan fingerprint density at radius 3 is 2.57 bits per heavy atom. The van der Waals surface area contributed by atoms with Gasteiger partial charge >= 0.3 is 5.97 Å². The first-order valence-corrected chi connectivity index (χ1v) is 6.81. The summed E-state index contributed by atoms with van der Waals surface area (Å²) in [5, 5.41) is 9.02. The molecule has 6 heteroatoms. The van der Waals surface area contributed by atoms with Gasteiger partial charge in [-0.25, -0.2) is 0 Å². The Bertz CT molecular complexity index is 544. The van der Waals surface area contributed by atoms with E-state index >= 15 is 0 Å². The molecule has 21 heavy (non-hydrogen) atoms. The first-order valence-electron chi connectivity index (χ1n) is 6.81. The molecular weight excluding hydrogens is 272 g/mol. The van der Waals surface area contributed by atoms with Crippen LogP contribution in [0.1, 0.15) is 12.8 Å². The Morgan fingerprint density at radius 2 is 2.00 bits per heavy atom. The largest absolute Gasteiger partial charge is 0.480 e. The topological polar surface area (TPSA) is 77.9 Å². The van der Waals surface area contributed by atoms with E-state index in [2.05, 4.69) is 0 Å². The van der Waals surface area contributed by atoms with Crippen molar-refractivity contribution in [2.75, 3.05) is 25.0 Å². The quantitative estimate of drug-likeness (QED) is 0.896. The Balaban J connectivity index is 2.19. The molecule has 112 valence electrons. The molecule has 0 radical (unpaired) electrons. The predicted molar refractivity (Wildman–Crippen MR) is 76.8 cm³/mol. The highest BCUT2D eigenvalue weighted by Gasteiger charge is 2.32. The van der Waals surface area contributed by atoms with Gasteiger partial charge in [-0.05, 0) is 18.6 Å². The van der Waals surface area contributed by atoms with Crippen molar-refractivity contribution in [2.45, 2.75) is 12.8 Å². The monoisotopic (exact) mass is 290 g/mol. The van der Waals surface area contributed by atoms with Gasteiger partial charge in [-0.1, -0.05) is 18.2 Å². The lowest BCUT2D eigenvalue weighted by Crippen LogP contribution is -2.45. The molecule has 1 heterocycles. The first-order chi connectivity index (χ1) is 9.99. The predicted octanol–water partition coefficient (Wildman–Crippen LogP) is 0.973. The van der Waals surface area contributed by atoms with Crippen molar-refractivity contribution in [1.82, 2.24) is 4.90 Å². The number of amides is 2. The third kappa shape index (κ3) is 3.59. The van der Waals surface area contributed by atoms with E-state index in [0.717, 1.165) is 0 Å². The van der Waals surface area contributed by atoms with E-state index in [9.17, 15) is 14.4 Å². The van der Waals surface area contributed by atoms with Crippen LogP contribution in [-0.4, -0.2) is 47.9 Å². The molecule has 1 aliphatic rings. The minimum absolute atomic E-state index is 0.0806. The van der Waals surface area contributed by atoms with E-state index in [1.165, 1.54) is 4.90 Å². The van der Waals surface area contributed by atoms with E-state index in [4.69, 9.17) is 5.11 Å². The smallest absolute Gasteiger partial charge is 0.323 e. The van der Waals surface area contributed by atoms with Gasteiger partial charge in [0.2, 0.25) is 11.8 Å². The number of hydrogen-bond acceptors (Lipinski definition) is 3. The molecule has 1 aromatic carbocycles. The molecule has 1 aromatic rings. The summed E-state index contributed by atoms with van der Waals surface area (Å²) in [5.74, 6) is -1.91. The maximum absolute atomic E-state index is 12.6. The second-order valence-corrected chi connectivity index (χ2v) is 5.16. The number of carbonyl (C=O) groups excluding carboxylic acids is 2. The van der Waals surface area contributed by atoms with Crippen LogP contribution in [0.5, 0.6) is 0 Å². The van der Waals surface area contributed by atoms with Crippen molar-refractivity contribution < 1.29 is 19.5 Å². The number of anilines is 1. The van der Waals surface area contributed by atoms with E-state index in [1.54, 1.807) is 42.3 Å². The lowest BCUT2D eigenvalue weighted by atomic mass is 9.94. The average molecular weight is 290 g/mol. The van der Waals surface area contributed by atoms with E-state index in [0.29, 0.717) is 18.7 Å². The number of carboxylic acids is 1. The van der Waals surface area contributed by atoms with E-state index in [1.807, 2.05) is 0 Å². The van der Waals surface area contributed by atoms with Crippen LogP contribution in [0, 0.1) is 5.92 Å². The minimum atomic E-state index is -1.08. The molecule has 2 rings (SSSR count). The molecule has 1 atom stereocenters. The summed E-state index contributed by atoms with van der Waals surface area (Å²) in [6.07, 6.45) is 0.697. The average Bonchev–Trinajstić information content (AvgIpc) is 2.47. The molecule has 1 aliphatic heterocycles. The fourth-order valence-corrected chi connectivity index (χ4v) is 2.41. The summed E-state index contributed by atoms with van der Waals surface area (Å²) in [7, 11) is 1.70. The van der Waals surface area contributed by atoms with Crippen LogP contribution in [0.4, 0.5) is 5.69 Å². The Morgan fingerprint density at radius 1 is 1.33 bits per heavy atom. The van der Waals surface area contributed by atoms with Crippen LogP contribution in [0.15, 0.2) is 30.3 Å². The number of para-hydroxylation sites is 1. The molecule has 0 saturated carbocycles. The molecular formula is C15H18N2O4. The molecule has 0 aromatic heterocycles. The maximum atomic E-state index is 12.6. The lowest BCUT2D eigenvalue weighted by Gasteiger charge is -2.31. The molecule has 1 fully saturated rings. The summed E-state index contributed by atoms with van der Waals surface area (Å²) >= 11 is 0. The molecule has 1 unspecified atom stereocenters. The number of carbonyl (C=O) groups is 3. The number of nitrogens with zero attached hydrogens (tertiary/aromatic N) is 2. The van der Waals surface area contributed by atoms with Crippen molar-refractivity contribution in [1.29, 1.82) is 0 Å². The van der Waals surface area contributed by atoms with Crippen molar-refractivity contribution in [3.63, 3.8) is 0 Å². The number of benzene rings is 1. The number of likely N-dealkylation sites (tertiary alicyclic amines) is 1. The standard InChI is InChI=1S/C15H18N2O4/c1-16-8-7-11(9-13(16)18)15(21)17(10-14(19)20)12-5-3-2-4-6-12/h2-6,11H,7-10H2,1H3,(H,19,20). The van der Waals surface area contributed by atoms with Crippen LogP contribution < -0.4 is 4.90 Å². The van der Waals surface area contributed by atoms with Crippen molar-refractivity contribution in [3.05, 3.63) is 30.3 Å². The van der Waals surface area contributed by atoms with Gasteiger partial charge in [0.05, 0.1) is 0 Å². The van der Waals surface area contributed by atoms with Gasteiger partial charge in [0.15, 0.2) is 0 Å². The van der Waals surface area contributed by atoms with Crippen molar-refractivity contribution in [2.24, 2.45) is 5.92 Å². The van der Waals surface area contributed by atoms with E-state index in [-0.39, 0.29) is 18.2 Å². The highest BCUT2D eigenvalue weighted by molar-refractivity contribution is 6.00. The Labute approximate surface area is 123 Å². The van der Waals surface area contributed by atoms with Crippen LogP contribution in [0.3, 0.4) is 0 Å². The van der Waals surface area contributed by atoms with Crippen molar-refractivity contribution >= 4 is 23.5 Å². The fraction of sp³-hybridized carbons (Fsp3) is 0.400. The van der Waals surface area contributed by atoms with Gasteiger partial charge < -0.3 is 14.9 Å².